The Bertz CT molecular complexity index is 1760. The highest BCUT2D eigenvalue weighted by molar-refractivity contribution is 7.99. The summed E-state index contributed by atoms with van der Waals surface area (Å²) in [6, 6.07) is 26.2. The Morgan fingerprint density at radius 3 is 2.68 bits per heavy atom. The number of benzene rings is 3. The van der Waals surface area contributed by atoms with E-state index in [1.165, 1.54) is 38.3 Å². The number of aromatic nitrogens is 1. The second-order valence-electron chi connectivity index (χ2n) is 9.07. The lowest BCUT2D eigenvalue weighted by atomic mass is 9.90. The van der Waals surface area contributed by atoms with Gasteiger partial charge in [0.1, 0.15) is 5.03 Å². The first-order chi connectivity index (χ1) is 16.8. The molecule has 0 saturated heterocycles. The summed E-state index contributed by atoms with van der Waals surface area (Å²) in [6.45, 7) is 0. The third kappa shape index (κ3) is 2.60. The van der Waals surface area contributed by atoms with Crippen molar-refractivity contribution < 1.29 is 0 Å². The summed E-state index contributed by atoms with van der Waals surface area (Å²) in [5, 5.41) is 6.96. The summed E-state index contributed by atoms with van der Waals surface area (Å²) in [5.41, 5.74) is 11.7. The van der Waals surface area contributed by atoms with Crippen molar-refractivity contribution >= 4 is 28.8 Å². The zero-order chi connectivity index (χ0) is 22.2. The lowest BCUT2D eigenvalue weighted by Crippen LogP contribution is -2.33. The van der Waals surface area contributed by atoms with E-state index in [9.17, 15) is 0 Å². The lowest BCUT2D eigenvalue weighted by Gasteiger charge is -2.26. The van der Waals surface area contributed by atoms with Gasteiger partial charge in [-0.1, -0.05) is 72.4 Å². The predicted octanol–water partition coefficient (Wildman–Crippen LogP) is 5.77. The van der Waals surface area contributed by atoms with Crippen LogP contribution in [0.4, 0.5) is 5.69 Å². The first-order valence-corrected chi connectivity index (χ1v) is 12.5. The van der Waals surface area contributed by atoms with Crippen LogP contribution >= 0.6 is 11.8 Å². The number of dihydropyridines is 1. The number of hydrogen-bond acceptors (Lipinski definition) is 4. The van der Waals surface area contributed by atoms with Crippen molar-refractivity contribution in [3.63, 3.8) is 0 Å². The molecule has 0 saturated carbocycles. The van der Waals surface area contributed by atoms with Crippen LogP contribution in [0.5, 0.6) is 0 Å². The molecule has 3 aliphatic heterocycles. The Labute approximate surface area is 201 Å². The molecule has 8 bridgehead atoms. The van der Waals surface area contributed by atoms with Crippen LogP contribution in [0.15, 0.2) is 105 Å². The second kappa shape index (κ2) is 6.81. The number of nitrogens with one attached hydrogen (secondary N) is 1. The van der Waals surface area contributed by atoms with Gasteiger partial charge in [0.2, 0.25) is 0 Å². The number of nitrogens with zero attached hydrogens (tertiary/aromatic N) is 2. The van der Waals surface area contributed by atoms with E-state index in [1.54, 1.807) is 11.8 Å². The second-order valence-corrected chi connectivity index (χ2v) is 10.2. The van der Waals surface area contributed by atoms with Crippen LogP contribution in [0.2, 0.25) is 0 Å². The quantitative estimate of drug-likeness (QED) is 0.323. The highest BCUT2D eigenvalue weighted by Gasteiger charge is 2.24. The van der Waals surface area contributed by atoms with Gasteiger partial charge in [0, 0.05) is 32.5 Å². The Kier molecular flexibility index (Phi) is 3.71. The lowest BCUT2D eigenvalue weighted by molar-refractivity contribution is 0.881. The summed E-state index contributed by atoms with van der Waals surface area (Å²) < 4.78 is 0. The third-order valence-corrected chi connectivity index (χ3v) is 8.06. The molecular formula is C30H19N3S. The zero-order valence-corrected chi connectivity index (χ0v) is 19.1. The molecule has 3 nitrogen and oxygen atoms in total. The van der Waals surface area contributed by atoms with E-state index in [1.807, 2.05) is 0 Å². The molecule has 0 atom stereocenters. The van der Waals surface area contributed by atoms with E-state index in [4.69, 9.17) is 9.98 Å². The van der Waals surface area contributed by atoms with Gasteiger partial charge in [-0.3, -0.25) is 0 Å². The smallest absolute Gasteiger partial charge is 0.102 e. The maximum absolute atomic E-state index is 5.23. The molecule has 3 aromatic carbocycles. The number of rotatable bonds is 0. The number of aryl methyl sites for hydroxylation is 1. The minimum Gasteiger partial charge on any atom is -0.353 e. The number of allylic oxidation sites excluding steroid dienone is 2. The van der Waals surface area contributed by atoms with Crippen molar-refractivity contribution in [1.82, 2.24) is 10.3 Å². The van der Waals surface area contributed by atoms with Crippen LogP contribution in [0, 0.1) is 0 Å². The molecule has 160 valence electrons. The molecule has 4 heteroatoms. The van der Waals surface area contributed by atoms with Crippen molar-refractivity contribution in [1.29, 1.82) is 0 Å². The minimum atomic E-state index is 1.02. The number of hydrogen-bond donors (Lipinski definition) is 1. The number of fused-ring (bicyclic) bond motifs is 6. The molecule has 0 fully saturated rings. The summed E-state index contributed by atoms with van der Waals surface area (Å²) in [7, 11) is 0. The molecule has 4 heterocycles. The summed E-state index contributed by atoms with van der Waals surface area (Å²) >= 11 is 1.72. The van der Waals surface area contributed by atoms with Crippen LogP contribution in [-0.4, -0.2) is 4.98 Å². The topological polar surface area (TPSA) is 37.3 Å². The van der Waals surface area contributed by atoms with Crippen LogP contribution in [-0.2, 0) is 6.42 Å². The van der Waals surface area contributed by atoms with E-state index in [0.29, 0.717) is 0 Å². The molecule has 1 aliphatic carbocycles. The molecule has 0 spiro atoms. The van der Waals surface area contributed by atoms with Crippen molar-refractivity contribution in [2.45, 2.75) is 22.8 Å². The fraction of sp³-hybridized carbons (Fsp3) is 0.0667. The van der Waals surface area contributed by atoms with Crippen LogP contribution < -0.4 is 15.9 Å². The molecule has 1 N–H and O–H groups in total. The molecule has 0 radical (unpaired) electrons. The summed E-state index contributed by atoms with van der Waals surface area (Å²) in [6.07, 6.45) is 6.52. The largest absolute Gasteiger partial charge is 0.353 e. The molecule has 1 aromatic heterocycles. The van der Waals surface area contributed by atoms with E-state index in [-0.39, 0.29) is 0 Å². The molecule has 0 unspecified atom stereocenters. The Morgan fingerprint density at radius 2 is 1.68 bits per heavy atom. The van der Waals surface area contributed by atoms with Crippen LogP contribution in [0.25, 0.3) is 33.6 Å². The first-order valence-electron chi connectivity index (χ1n) is 11.6. The first kappa shape index (κ1) is 18.5. The number of para-hydroxylation sites is 2. The molecule has 8 rings (SSSR count). The van der Waals surface area contributed by atoms with E-state index >= 15 is 0 Å². The average molecular weight is 454 g/mol. The fourth-order valence-electron chi connectivity index (χ4n) is 5.49. The molecular weight excluding hydrogens is 434 g/mol. The van der Waals surface area contributed by atoms with Crippen molar-refractivity contribution in [3.05, 3.63) is 112 Å². The third-order valence-electron chi connectivity index (χ3n) is 7.13. The predicted molar refractivity (Wildman–Crippen MR) is 137 cm³/mol. The van der Waals surface area contributed by atoms with Gasteiger partial charge >= 0.3 is 0 Å². The Morgan fingerprint density at radius 1 is 0.794 bits per heavy atom. The molecule has 4 aliphatic rings. The van der Waals surface area contributed by atoms with Gasteiger partial charge in [-0.2, -0.15) is 0 Å². The number of pyridine rings is 1. The van der Waals surface area contributed by atoms with Crippen molar-refractivity contribution in [2.24, 2.45) is 4.99 Å². The van der Waals surface area contributed by atoms with Gasteiger partial charge < -0.3 is 5.32 Å². The average Bonchev–Trinajstić information content (AvgIpc) is 3.27. The van der Waals surface area contributed by atoms with Crippen molar-refractivity contribution in [2.75, 3.05) is 0 Å². The van der Waals surface area contributed by atoms with Gasteiger partial charge in [0.05, 0.1) is 22.4 Å². The van der Waals surface area contributed by atoms with Crippen LogP contribution in [0.1, 0.15) is 17.7 Å². The fourth-order valence-corrected chi connectivity index (χ4v) is 6.33. The standard InChI is InChI=1S/C30H19N3S/c1-4-19-16-20(5-1)34-26-15-13-18-11-10-17-12-14-25(31-27(17)28(18)32-26)24-9-3-8-23-22-7-2-6-21(19)29(22)33-30(23)24/h1-9,12-16,31H,10-11H2. The van der Waals surface area contributed by atoms with Gasteiger partial charge in [0.25, 0.3) is 0 Å². The van der Waals surface area contributed by atoms with E-state index in [0.717, 1.165) is 51.2 Å². The Balaban J connectivity index is 1.50. The van der Waals surface area contributed by atoms with Gasteiger partial charge in [-0.25, -0.2) is 9.98 Å². The van der Waals surface area contributed by atoms with E-state index in [2.05, 4.69) is 90.3 Å². The van der Waals surface area contributed by atoms with Gasteiger partial charge in [-0.15, -0.1) is 0 Å². The normalized spacial score (nSPS) is 16.1. The SMILES string of the molecule is C1=CC2=c3cccc4c3=Nc3c(cccc3-4)-c3cccc(c3)Sc3ccc4c(n3)C(=C1CC4)N2. The molecule has 4 aromatic rings. The van der Waals surface area contributed by atoms with Crippen LogP contribution in [0.3, 0.4) is 0 Å². The van der Waals surface area contributed by atoms with Gasteiger partial charge in [-0.05, 0) is 53.8 Å². The highest BCUT2D eigenvalue weighted by atomic mass is 32.2. The van der Waals surface area contributed by atoms with Gasteiger partial charge in [0.15, 0.2) is 0 Å². The van der Waals surface area contributed by atoms with E-state index < -0.39 is 0 Å². The highest BCUT2D eigenvalue weighted by Crippen LogP contribution is 2.42. The maximum atomic E-state index is 5.23. The maximum Gasteiger partial charge on any atom is 0.102 e. The van der Waals surface area contributed by atoms with Crippen molar-refractivity contribution in [3.8, 4) is 22.3 Å². The Hall–Kier alpha value is -3.89. The molecule has 0 amide bonds. The summed E-state index contributed by atoms with van der Waals surface area (Å²) in [4.78, 5) is 11.6. The minimum absolute atomic E-state index is 1.02. The zero-order valence-electron chi connectivity index (χ0n) is 18.3. The molecule has 34 heavy (non-hydrogen) atoms. The summed E-state index contributed by atoms with van der Waals surface area (Å²) in [5.74, 6) is 0. The monoisotopic (exact) mass is 453 g/mol.